The van der Waals surface area contributed by atoms with Gasteiger partial charge in [0.2, 0.25) is 0 Å². The fraction of sp³-hybridized carbons (Fsp3) is 0.435. The van der Waals surface area contributed by atoms with Crippen LogP contribution in [0.4, 0.5) is 0 Å². The predicted octanol–water partition coefficient (Wildman–Crippen LogP) is 3.75. The Hall–Kier alpha value is -2.53. The van der Waals surface area contributed by atoms with Crippen LogP contribution in [-0.2, 0) is 6.61 Å². The van der Waals surface area contributed by atoms with Crippen molar-refractivity contribution in [3.8, 4) is 11.5 Å². The maximum absolute atomic E-state index is 13.0. The fourth-order valence-electron chi connectivity index (χ4n) is 3.37. The van der Waals surface area contributed by atoms with Crippen LogP contribution in [0.3, 0.4) is 0 Å². The molecule has 0 N–H and O–H groups in total. The molecule has 0 bridgehead atoms. The van der Waals surface area contributed by atoms with Crippen molar-refractivity contribution in [3.63, 3.8) is 0 Å². The lowest BCUT2D eigenvalue weighted by molar-refractivity contribution is 0.0643. The van der Waals surface area contributed by atoms with Gasteiger partial charge in [0.15, 0.2) is 0 Å². The molecular formula is C23H30N2O3. The number of rotatable bonds is 7. The third kappa shape index (κ3) is 5.04. The molecule has 28 heavy (non-hydrogen) atoms. The Morgan fingerprint density at radius 2 is 1.68 bits per heavy atom. The van der Waals surface area contributed by atoms with Crippen LogP contribution in [-0.4, -0.2) is 55.0 Å². The van der Waals surface area contributed by atoms with E-state index in [1.807, 2.05) is 61.2 Å². The zero-order valence-corrected chi connectivity index (χ0v) is 17.1. The summed E-state index contributed by atoms with van der Waals surface area (Å²) in [4.78, 5) is 17.3. The number of carbonyl (C=O) groups is 1. The molecule has 1 fully saturated rings. The van der Waals surface area contributed by atoms with Crippen LogP contribution in [0, 0.1) is 6.92 Å². The molecule has 0 radical (unpaired) electrons. The van der Waals surface area contributed by atoms with Crippen LogP contribution >= 0.6 is 0 Å². The lowest BCUT2D eigenvalue weighted by Gasteiger charge is -2.34. The molecule has 150 valence electrons. The van der Waals surface area contributed by atoms with Crippen LogP contribution in [0.1, 0.15) is 35.3 Å². The number of benzene rings is 2. The highest BCUT2D eigenvalue weighted by molar-refractivity contribution is 5.94. The summed E-state index contributed by atoms with van der Waals surface area (Å²) in [5.74, 6) is 1.65. The summed E-state index contributed by atoms with van der Waals surface area (Å²) in [5.41, 5.74) is 2.77. The molecule has 1 heterocycles. The van der Waals surface area contributed by atoms with Gasteiger partial charge in [-0.3, -0.25) is 4.79 Å². The lowest BCUT2D eigenvalue weighted by atomic mass is 10.1. The number of likely N-dealkylation sites (N-methyl/N-ethyl adjacent to an activating group) is 1. The third-order valence-corrected chi connectivity index (χ3v) is 5.13. The first-order valence-electron chi connectivity index (χ1n) is 10.1. The number of hydrogen-bond acceptors (Lipinski definition) is 4. The minimum absolute atomic E-state index is 0.0791. The van der Waals surface area contributed by atoms with E-state index in [0.717, 1.165) is 49.8 Å². The van der Waals surface area contributed by atoms with Crippen molar-refractivity contribution in [3.05, 3.63) is 59.2 Å². The van der Waals surface area contributed by atoms with Crippen molar-refractivity contribution >= 4 is 5.91 Å². The highest BCUT2D eigenvalue weighted by atomic mass is 16.5. The van der Waals surface area contributed by atoms with E-state index in [0.29, 0.717) is 18.8 Å². The van der Waals surface area contributed by atoms with Crippen LogP contribution in [0.2, 0.25) is 0 Å². The van der Waals surface area contributed by atoms with Crippen molar-refractivity contribution in [2.75, 3.05) is 39.3 Å². The average molecular weight is 383 g/mol. The lowest BCUT2D eigenvalue weighted by Crippen LogP contribution is -2.48. The molecule has 0 saturated carbocycles. The first kappa shape index (κ1) is 20.2. The second-order valence-electron chi connectivity index (χ2n) is 7.08. The van der Waals surface area contributed by atoms with Gasteiger partial charge in [-0.2, -0.15) is 0 Å². The van der Waals surface area contributed by atoms with Gasteiger partial charge in [0, 0.05) is 37.3 Å². The Morgan fingerprint density at radius 1 is 0.964 bits per heavy atom. The van der Waals surface area contributed by atoms with Crippen LogP contribution in [0.5, 0.6) is 11.5 Å². The van der Waals surface area contributed by atoms with E-state index in [-0.39, 0.29) is 5.91 Å². The maximum atomic E-state index is 13.0. The summed E-state index contributed by atoms with van der Waals surface area (Å²) >= 11 is 0. The molecule has 0 aromatic heterocycles. The van der Waals surface area contributed by atoms with Crippen molar-refractivity contribution < 1.29 is 14.3 Å². The molecule has 0 atom stereocenters. The molecule has 2 aromatic rings. The molecule has 3 rings (SSSR count). The number of aryl methyl sites for hydroxylation is 1. The molecule has 0 spiro atoms. The summed E-state index contributed by atoms with van der Waals surface area (Å²) in [7, 11) is 0. The average Bonchev–Trinajstić information content (AvgIpc) is 2.74. The van der Waals surface area contributed by atoms with E-state index in [1.54, 1.807) is 0 Å². The van der Waals surface area contributed by atoms with E-state index in [1.165, 1.54) is 5.56 Å². The van der Waals surface area contributed by atoms with E-state index in [4.69, 9.17) is 9.47 Å². The highest BCUT2D eigenvalue weighted by Crippen LogP contribution is 2.24. The van der Waals surface area contributed by atoms with E-state index in [9.17, 15) is 4.79 Å². The van der Waals surface area contributed by atoms with Gasteiger partial charge in [-0.05, 0) is 50.7 Å². The second kappa shape index (κ2) is 9.60. The Balaban J connectivity index is 1.73. The van der Waals surface area contributed by atoms with Crippen molar-refractivity contribution in [2.45, 2.75) is 27.4 Å². The number of nitrogens with zero attached hydrogens (tertiary/aromatic N) is 2. The normalized spacial score (nSPS) is 14.8. The summed E-state index contributed by atoms with van der Waals surface area (Å²) in [5, 5.41) is 0. The molecule has 1 amide bonds. The molecule has 2 aromatic carbocycles. The monoisotopic (exact) mass is 382 g/mol. The van der Waals surface area contributed by atoms with Crippen molar-refractivity contribution in [1.82, 2.24) is 9.80 Å². The minimum atomic E-state index is 0.0791. The Kier molecular flexibility index (Phi) is 6.93. The van der Waals surface area contributed by atoms with E-state index >= 15 is 0 Å². The summed E-state index contributed by atoms with van der Waals surface area (Å²) < 4.78 is 11.7. The number of amides is 1. The molecule has 1 aliphatic rings. The largest absolute Gasteiger partial charge is 0.493 e. The fourth-order valence-corrected chi connectivity index (χ4v) is 3.37. The first-order valence-corrected chi connectivity index (χ1v) is 10.1. The van der Waals surface area contributed by atoms with E-state index in [2.05, 4.69) is 11.8 Å². The molecule has 5 heteroatoms. The predicted molar refractivity (Wildman–Crippen MR) is 111 cm³/mol. The molecule has 1 saturated heterocycles. The molecular weight excluding hydrogens is 352 g/mol. The first-order chi connectivity index (χ1) is 13.6. The number of ether oxygens (including phenoxy) is 2. The standard InChI is InChI=1S/C23H30N2O3/c1-4-24-12-14-25(15-13-24)23(26)19-8-11-22(27-5-2)20(16-19)17-28-21-9-6-18(3)7-10-21/h6-11,16H,4-5,12-15,17H2,1-3H3. The van der Waals surface area contributed by atoms with Gasteiger partial charge < -0.3 is 19.3 Å². The van der Waals surface area contributed by atoms with Crippen LogP contribution < -0.4 is 9.47 Å². The van der Waals surface area contributed by atoms with Crippen molar-refractivity contribution in [2.24, 2.45) is 0 Å². The third-order valence-electron chi connectivity index (χ3n) is 5.13. The van der Waals surface area contributed by atoms with Gasteiger partial charge in [0.25, 0.3) is 5.91 Å². The Labute approximate surface area is 167 Å². The van der Waals surface area contributed by atoms with Gasteiger partial charge in [-0.15, -0.1) is 0 Å². The summed E-state index contributed by atoms with van der Waals surface area (Å²) in [6.45, 7) is 11.5. The van der Waals surface area contributed by atoms with E-state index < -0.39 is 0 Å². The molecule has 0 aliphatic carbocycles. The Bertz CT molecular complexity index is 781. The number of piperazine rings is 1. The van der Waals surface area contributed by atoms with Gasteiger partial charge in [0.05, 0.1) is 6.61 Å². The van der Waals surface area contributed by atoms with Gasteiger partial charge in [-0.1, -0.05) is 24.6 Å². The summed E-state index contributed by atoms with van der Waals surface area (Å²) in [6, 6.07) is 13.6. The van der Waals surface area contributed by atoms with Crippen LogP contribution in [0.15, 0.2) is 42.5 Å². The summed E-state index contributed by atoms with van der Waals surface area (Å²) in [6.07, 6.45) is 0. The quantitative estimate of drug-likeness (QED) is 0.731. The zero-order valence-electron chi connectivity index (χ0n) is 17.1. The topological polar surface area (TPSA) is 42.0 Å². The number of carbonyl (C=O) groups excluding carboxylic acids is 1. The van der Waals surface area contributed by atoms with Gasteiger partial charge >= 0.3 is 0 Å². The molecule has 1 aliphatic heterocycles. The SMILES string of the molecule is CCOc1ccc(C(=O)N2CCN(CC)CC2)cc1COc1ccc(C)cc1. The zero-order chi connectivity index (χ0) is 19.9. The second-order valence-corrected chi connectivity index (χ2v) is 7.08. The molecule has 5 nitrogen and oxygen atoms in total. The van der Waals surface area contributed by atoms with Gasteiger partial charge in [0.1, 0.15) is 18.1 Å². The highest BCUT2D eigenvalue weighted by Gasteiger charge is 2.22. The maximum Gasteiger partial charge on any atom is 0.253 e. The van der Waals surface area contributed by atoms with Gasteiger partial charge in [-0.25, -0.2) is 0 Å². The Morgan fingerprint density at radius 3 is 2.32 bits per heavy atom. The van der Waals surface area contributed by atoms with Crippen LogP contribution in [0.25, 0.3) is 0 Å². The minimum Gasteiger partial charge on any atom is -0.493 e. The number of hydrogen-bond donors (Lipinski definition) is 0. The molecule has 0 unspecified atom stereocenters. The smallest absolute Gasteiger partial charge is 0.253 e. The van der Waals surface area contributed by atoms with Crippen molar-refractivity contribution in [1.29, 1.82) is 0 Å².